The van der Waals surface area contributed by atoms with Crippen molar-refractivity contribution in [1.82, 2.24) is 4.98 Å². The van der Waals surface area contributed by atoms with Gasteiger partial charge < -0.3 is 5.32 Å². The van der Waals surface area contributed by atoms with Gasteiger partial charge in [0.15, 0.2) is 0 Å². The van der Waals surface area contributed by atoms with Gasteiger partial charge in [0.2, 0.25) is 0 Å². The maximum Gasteiger partial charge on any atom is 0.135 e. The summed E-state index contributed by atoms with van der Waals surface area (Å²) in [6, 6.07) is 15.0. The minimum atomic E-state index is 0.305. The van der Waals surface area contributed by atoms with E-state index >= 15 is 0 Å². The number of fused-ring (bicyclic) bond motifs is 1. The lowest BCUT2D eigenvalue weighted by atomic mass is 10.0. The molecule has 0 aliphatic rings. The van der Waals surface area contributed by atoms with Crippen molar-refractivity contribution in [2.45, 2.75) is 19.4 Å². The van der Waals surface area contributed by atoms with Crippen LogP contribution in [0.1, 0.15) is 24.9 Å². The molecule has 3 aromatic rings. The van der Waals surface area contributed by atoms with Gasteiger partial charge in [-0.15, -0.1) is 11.3 Å². The van der Waals surface area contributed by atoms with Crippen LogP contribution in [0.25, 0.3) is 10.1 Å². The summed E-state index contributed by atoms with van der Waals surface area (Å²) in [5.41, 5.74) is 1.30. The molecule has 0 saturated carbocycles. The van der Waals surface area contributed by atoms with Gasteiger partial charge in [0, 0.05) is 16.3 Å². The Hall–Kier alpha value is -1.87. The van der Waals surface area contributed by atoms with Crippen molar-refractivity contribution >= 4 is 27.2 Å². The fourth-order valence-corrected chi connectivity index (χ4v) is 3.06. The first kappa shape index (κ1) is 12.2. The number of nitrogens with zero attached hydrogens (tertiary/aromatic N) is 1. The van der Waals surface area contributed by atoms with E-state index in [9.17, 15) is 0 Å². The Balaban J connectivity index is 1.93. The lowest BCUT2D eigenvalue weighted by molar-refractivity contribution is 0.746. The molecule has 0 fully saturated rings. The highest BCUT2D eigenvalue weighted by atomic mass is 32.1. The Kier molecular flexibility index (Phi) is 3.47. The molecule has 1 unspecified atom stereocenters. The largest absolute Gasteiger partial charge is 0.363 e. The molecule has 0 spiro atoms. The summed E-state index contributed by atoms with van der Waals surface area (Å²) in [6.07, 6.45) is 2.91. The van der Waals surface area contributed by atoms with Crippen LogP contribution in [-0.4, -0.2) is 4.98 Å². The number of thiophene rings is 1. The zero-order chi connectivity index (χ0) is 13.1. The summed E-state index contributed by atoms with van der Waals surface area (Å²) in [4.78, 5) is 4.49. The number of hydrogen-bond donors (Lipinski definition) is 1. The molecule has 0 aliphatic heterocycles. The second-order valence-electron chi connectivity index (χ2n) is 4.51. The summed E-state index contributed by atoms with van der Waals surface area (Å²) in [5.74, 6) is 0.981. The number of pyridine rings is 1. The maximum absolute atomic E-state index is 4.49. The predicted molar refractivity (Wildman–Crippen MR) is 82.7 cm³/mol. The van der Waals surface area contributed by atoms with Crippen LogP contribution < -0.4 is 5.32 Å². The van der Waals surface area contributed by atoms with Gasteiger partial charge in [0.25, 0.3) is 0 Å². The van der Waals surface area contributed by atoms with E-state index in [0.717, 1.165) is 12.2 Å². The molecule has 0 aliphatic carbocycles. The van der Waals surface area contributed by atoms with Crippen molar-refractivity contribution in [3.8, 4) is 0 Å². The van der Waals surface area contributed by atoms with Gasteiger partial charge in [0.1, 0.15) is 5.82 Å². The van der Waals surface area contributed by atoms with E-state index in [2.05, 4.69) is 59.0 Å². The Bertz CT molecular complexity index is 661. The maximum atomic E-state index is 4.49. The second kappa shape index (κ2) is 5.41. The highest BCUT2D eigenvalue weighted by Crippen LogP contribution is 2.29. The predicted octanol–water partition coefficient (Wildman–Crippen LogP) is 4.86. The van der Waals surface area contributed by atoms with Crippen LogP contribution in [0.4, 0.5) is 5.82 Å². The molecule has 3 rings (SSSR count). The van der Waals surface area contributed by atoms with Crippen LogP contribution in [-0.2, 0) is 0 Å². The number of nitrogens with one attached hydrogen (secondary N) is 1. The lowest BCUT2D eigenvalue weighted by Gasteiger charge is -2.18. The fourth-order valence-electron chi connectivity index (χ4n) is 2.28. The van der Waals surface area contributed by atoms with Gasteiger partial charge in [0.05, 0.1) is 6.04 Å². The zero-order valence-corrected chi connectivity index (χ0v) is 11.7. The summed E-state index contributed by atoms with van der Waals surface area (Å²) in [5, 5.41) is 6.89. The lowest BCUT2D eigenvalue weighted by Crippen LogP contribution is -2.10. The number of anilines is 1. The topological polar surface area (TPSA) is 24.9 Å². The molecule has 2 aromatic heterocycles. The van der Waals surface area contributed by atoms with Crippen LogP contribution in [0.5, 0.6) is 0 Å². The number of hydrogen-bond acceptors (Lipinski definition) is 3. The minimum Gasteiger partial charge on any atom is -0.363 e. The molecule has 19 heavy (non-hydrogen) atoms. The van der Waals surface area contributed by atoms with E-state index in [4.69, 9.17) is 0 Å². The van der Waals surface area contributed by atoms with Crippen molar-refractivity contribution in [2.75, 3.05) is 5.32 Å². The van der Waals surface area contributed by atoms with Gasteiger partial charge in [-0.2, -0.15) is 0 Å². The van der Waals surface area contributed by atoms with Crippen molar-refractivity contribution < 1.29 is 0 Å². The summed E-state index contributed by atoms with van der Waals surface area (Å²) in [7, 11) is 0. The monoisotopic (exact) mass is 268 g/mol. The smallest absolute Gasteiger partial charge is 0.135 e. The van der Waals surface area contributed by atoms with Crippen LogP contribution in [0, 0.1) is 0 Å². The fraction of sp³-hybridized carbons (Fsp3) is 0.188. The minimum absolute atomic E-state index is 0.305. The Labute approximate surface area is 117 Å². The average Bonchev–Trinajstić information content (AvgIpc) is 2.95. The van der Waals surface area contributed by atoms with E-state index in [0.29, 0.717) is 6.04 Å². The molecule has 0 amide bonds. The Morgan fingerprint density at radius 3 is 2.79 bits per heavy atom. The molecule has 2 heterocycles. The molecular formula is C16H16N2S. The summed E-state index contributed by atoms with van der Waals surface area (Å²) >= 11 is 1.75. The van der Waals surface area contributed by atoms with Crippen molar-refractivity contribution in [2.24, 2.45) is 0 Å². The standard InChI is InChI=1S/C16H16N2S/c1-2-14(12-6-4-3-5-7-12)18-16-13-9-11-19-15(13)8-10-17-16/h3-11,14H,2H2,1H3,(H,17,18). The quantitative estimate of drug-likeness (QED) is 0.731. The third-order valence-electron chi connectivity index (χ3n) is 3.30. The van der Waals surface area contributed by atoms with Gasteiger partial charge >= 0.3 is 0 Å². The molecule has 1 atom stereocenters. The first-order valence-electron chi connectivity index (χ1n) is 6.52. The number of benzene rings is 1. The van der Waals surface area contributed by atoms with Crippen molar-refractivity contribution in [3.63, 3.8) is 0 Å². The molecule has 2 nitrogen and oxygen atoms in total. The van der Waals surface area contributed by atoms with Gasteiger partial charge in [-0.25, -0.2) is 4.98 Å². The second-order valence-corrected chi connectivity index (χ2v) is 5.46. The number of aromatic nitrogens is 1. The van der Waals surface area contributed by atoms with Crippen molar-refractivity contribution in [3.05, 3.63) is 59.6 Å². The zero-order valence-electron chi connectivity index (χ0n) is 10.8. The molecular weight excluding hydrogens is 252 g/mol. The van der Waals surface area contributed by atoms with Crippen LogP contribution >= 0.6 is 11.3 Å². The third-order valence-corrected chi connectivity index (χ3v) is 4.18. The Morgan fingerprint density at radius 2 is 2.00 bits per heavy atom. The SMILES string of the molecule is CCC(Nc1nccc2sccc12)c1ccccc1. The first-order valence-corrected chi connectivity index (χ1v) is 7.40. The van der Waals surface area contributed by atoms with E-state index in [1.54, 1.807) is 11.3 Å². The third kappa shape index (κ3) is 2.47. The molecule has 0 radical (unpaired) electrons. The van der Waals surface area contributed by atoms with E-state index in [1.807, 2.05) is 12.3 Å². The van der Waals surface area contributed by atoms with Crippen LogP contribution in [0.3, 0.4) is 0 Å². The first-order chi connectivity index (χ1) is 9.38. The summed E-state index contributed by atoms with van der Waals surface area (Å²) < 4.78 is 1.28. The van der Waals surface area contributed by atoms with Gasteiger partial charge in [-0.05, 0) is 29.5 Å². The van der Waals surface area contributed by atoms with Crippen molar-refractivity contribution in [1.29, 1.82) is 0 Å². The van der Waals surface area contributed by atoms with Crippen LogP contribution in [0.15, 0.2) is 54.0 Å². The normalized spacial score (nSPS) is 12.5. The summed E-state index contributed by atoms with van der Waals surface area (Å²) in [6.45, 7) is 2.19. The number of rotatable bonds is 4. The van der Waals surface area contributed by atoms with E-state index in [-0.39, 0.29) is 0 Å². The van der Waals surface area contributed by atoms with Crippen LogP contribution in [0.2, 0.25) is 0 Å². The highest BCUT2D eigenvalue weighted by molar-refractivity contribution is 7.17. The van der Waals surface area contributed by atoms with Gasteiger partial charge in [-0.1, -0.05) is 37.3 Å². The molecule has 3 heteroatoms. The molecule has 96 valence electrons. The average molecular weight is 268 g/mol. The molecule has 1 aromatic carbocycles. The Morgan fingerprint density at radius 1 is 1.16 bits per heavy atom. The van der Waals surface area contributed by atoms with Gasteiger partial charge in [-0.3, -0.25) is 0 Å². The highest BCUT2D eigenvalue weighted by Gasteiger charge is 2.11. The molecule has 0 bridgehead atoms. The van der Waals surface area contributed by atoms with E-state index < -0.39 is 0 Å². The molecule has 0 saturated heterocycles. The van der Waals surface area contributed by atoms with E-state index in [1.165, 1.54) is 15.6 Å². The molecule has 1 N–H and O–H groups in total.